The van der Waals surface area contributed by atoms with Crippen molar-refractivity contribution in [1.29, 1.82) is 0 Å². The van der Waals surface area contributed by atoms with Crippen LogP contribution in [0.1, 0.15) is 26.2 Å². The third-order valence-electron chi connectivity index (χ3n) is 5.00. The van der Waals surface area contributed by atoms with Crippen molar-refractivity contribution < 1.29 is 0 Å². The molecule has 0 bridgehead atoms. The van der Waals surface area contributed by atoms with Crippen LogP contribution in [0.25, 0.3) is 21.9 Å². The largest absolute Gasteiger partial charge is 0.326 e. The average Bonchev–Trinajstić information content (AvgIpc) is 3.06. The molecule has 2 aromatic heterocycles. The molecular weight excluding hydrogens is 384 g/mol. The SMILES string of the molecule is CCCCn1c(SCCCn2c(=O)[nH]c3ccccc32)nc2ccccc2c1=O. The molecule has 7 heteroatoms. The van der Waals surface area contributed by atoms with Gasteiger partial charge in [0.05, 0.1) is 21.9 Å². The number of thioether (sulfide) groups is 1. The van der Waals surface area contributed by atoms with E-state index in [-0.39, 0.29) is 11.2 Å². The number of nitrogens with zero attached hydrogens (tertiary/aromatic N) is 3. The lowest BCUT2D eigenvalue weighted by atomic mass is 10.2. The van der Waals surface area contributed by atoms with E-state index in [1.54, 1.807) is 20.9 Å². The summed E-state index contributed by atoms with van der Waals surface area (Å²) in [4.78, 5) is 32.8. The second-order valence-corrected chi connectivity index (χ2v) is 8.08. The number of nitrogens with one attached hydrogen (secondary N) is 1. The Kier molecular flexibility index (Phi) is 5.85. The molecule has 150 valence electrons. The summed E-state index contributed by atoms with van der Waals surface area (Å²) < 4.78 is 3.57. The highest BCUT2D eigenvalue weighted by Crippen LogP contribution is 2.20. The number of para-hydroxylation sites is 3. The van der Waals surface area contributed by atoms with Gasteiger partial charge in [0.1, 0.15) is 0 Å². The normalized spacial score (nSPS) is 11.5. The molecule has 6 nitrogen and oxygen atoms in total. The van der Waals surface area contributed by atoms with Crippen LogP contribution in [-0.4, -0.2) is 24.9 Å². The predicted octanol–water partition coefficient (Wildman–Crippen LogP) is 4.02. The first-order valence-electron chi connectivity index (χ1n) is 9.99. The molecule has 0 aliphatic heterocycles. The summed E-state index contributed by atoms with van der Waals surface area (Å²) in [6.45, 7) is 3.42. The highest BCUT2D eigenvalue weighted by molar-refractivity contribution is 7.99. The minimum atomic E-state index is -0.0834. The number of aromatic amines is 1. The van der Waals surface area contributed by atoms with Crippen LogP contribution in [0.4, 0.5) is 0 Å². The van der Waals surface area contributed by atoms with E-state index in [9.17, 15) is 9.59 Å². The zero-order valence-corrected chi connectivity index (χ0v) is 17.2. The van der Waals surface area contributed by atoms with Gasteiger partial charge in [0.25, 0.3) is 5.56 Å². The van der Waals surface area contributed by atoms with Gasteiger partial charge in [0.15, 0.2) is 5.16 Å². The van der Waals surface area contributed by atoms with Crippen molar-refractivity contribution in [2.24, 2.45) is 0 Å². The minimum Gasteiger partial charge on any atom is -0.306 e. The summed E-state index contributed by atoms with van der Waals surface area (Å²) >= 11 is 1.59. The lowest BCUT2D eigenvalue weighted by Gasteiger charge is -2.12. The zero-order valence-electron chi connectivity index (χ0n) is 16.4. The van der Waals surface area contributed by atoms with Gasteiger partial charge < -0.3 is 4.98 Å². The fraction of sp³-hybridized carbons (Fsp3) is 0.318. The number of H-pyrrole nitrogens is 1. The van der Waals surface area contributed by atoms with Crippen LogP contribution in [0.3, 0.4) is 0 Å². The Morgan fingerprint density at radius 1 is 0.966 bits per heavy atom. The van der Waals surface area contributed by atoms with Gasteiger partial charge in [-0.2, -0.15) is 0 Å². The minimum absolute atomic E-state index is 0.0272. The van der Waals surface area contributed by atoms with E-state index in [1.165, 1.54) is 0 Å². The number of aromatic nitrogens is 4. The molecule has 1 N–H and O–H groups in total. The number of benzene rings is 2. The van der Waals surface area contributed by atoms with Crippen molar-refractivity contribution in [3.05, 3.63) is 69.4 Å². The fourth-order valence-corrected chi connectivity index (χ4v) is 4.44. The molecule has 4 rings (SSSR count). The van der Waals surface area contributed by atoms with Gasteiger partial charge in [-0.25, -0.2) is 9.78 Å². The number of hydrogen-bond acceptors (Lipinski definition) is 4. The van der Waals surface area contributed by atoms with Crippen molar-refractivity contribution in [2.75, 3.05) is 5.75 Å². The first-order valence-corrected chi connectivity index (χ1v) is 11.0. The Hall–Kier alpha value is -2.80. The van der Waals surface area contributed by atoms with Crippen LogP contribution in [0, 0.1) is 0 Å². The molecule has 0 saturated carbocycles. The highest BCUT2D eigenvalue weighted by Gasteiger charge is 2.11. The van der Waals surface area contributed by atoms with E-state index in [4.69, 9.17) is 4.98 Å². The lowest BCUT2D eigenvalue weighted by molar-refractivity contribution is 0.557. The molecule has 0 saturated heterocycles. The molecule has 0 atom stereocenters. The van der Waals surface area contributed by atoms with Crippen molar-refractivity contribution in [3.8, 4) is 0 Å². The smallest absolute Gasteiger partial charge is 0.306 e. The molecule has 0 aliphatic carbocycles. The van der Waals surface area contributed by atoms with Gasteiger partial charge in [-0.1, -0.05) is 49.4 Å². The second-order valence-electron chi connectivity index (χ2n) is 7.02. The molecule has 0 spiro atoms. The Labute approximate surface area is 172 Å². The summed E-state index contributed by atoms with van der Waals surface area (Å²) in [5, 5.41) is 1.42. The number of imidazole rings is 1. The van der Waals surface area contributed by atoms with Gasteiger partial charge >= 0.3 is 5.69 Å². The Morgan fingerprint density at radius 3 is 2.59 bits per heavy atom. The predicted molar refractivity (Wildman–Crippen MR) is 119 cm³/mol. The Bertz CT molecular complexity index is 1260. The van der Waals surface area contributed by atoms with Crippen LogP contribution in [0.15, 0.2) is 63.3 Å². The third kappa shape index (κ3) is 4.00. The number of rotatable bonds is 8. The lowest BCUT2D eigenvalue weighted by Crippen LogP contribution is -2.23. The number of aryl methyl sites for hydroxylation is 1. The zero-order chi connectivity index (χ0) is 20.2. The maximum atomic E-state index is 12.9. The standard InChI is InChI=1S/C22H24N4O2S/c1-2-3-13-26-20(27)16-9-4-5-10-17(16)24-22(26)29-15-8-14-25-19-12-7-6-11-18(19)23-21(25)28/h4-7,9-12H,2-3,8,13-15H2,1H3,(H,23,28). The average molecular weight is 409 g/mol. The highest BCUT2D eigenvalue weighted by atomic mass is 32.2. The van der Waals surface area contributed by atoms with Crippen LogP contribution in [-0.2, 0) is 13.1 Å². The third-order valence-corrected chi connectivity index (χ3v) is 6.06. The molecule has 0 amide bonds. The first kappa shape index (κ1) is 19.5. The summed E-state index contributed by atoms with van der Waals surface area (Å²) in [6, 6.07) is 15.2. The quantitative estimate of drug-likeness (QED) is 0.271. The van der Waals surface area contributed by atoms with Crippen molar-refractivity contribution in [1.82, 2.24) is 19.1 Å². The topological polar surface area (TPSA) is 72.7 Å². The van der Waals surface area contributed by atoms with Crippen molar-refractivity contribution >= 4 is 33.7 Å². The molecule has 2 aromatic carbocycles. The number of hydrogen-bond donors (Lipinski definition) is 1. The van der Waals surface area contributed by atoms with Crippen molar-refractivity contribution in [2.45, 2.75) is 44.4 Å². The van der Waals surface area contributed by atoms with Gasteiger partial charge in [0, 0.05) is 18.8 Å². The van der Waals surface area contributed by atoms with E-state index < -0.39 is 0 Å². The maximum absolute atomic E-state index is 12.9. The first-order chi connectivity index (χ1) is 14.2. The van der Waals surface area contributed by atoms with Crippen LogP contribution >= 0.6 is 11.8 Å². The Morgan fingerprint density at radius 2 is 1.72 bits per heavy atom. The van der Waals surface area contributed by atoms with E-state index in [0.717, 1.165) is 46.7 Å². The fourth-order valence-electron chi connectivity index (χ4n) is 3.49. The van der Waals surface area contributed by atoms with Crippen molar-refractivity contribution in [3.63, 3.8) is 0 Å². The molecular formula is C22H24N4O2S. The molecule has 0 fully saturated rings. The summed E-state index contributed by atoms with van der Waals surface area (Å²) in [7, 11) is 0. The molecule has 0 unspecified atom stereocenters. The van der Waals surface area contributed by atoms with Crippen LogP contribution in [0.5, 0.6) is 0 Å². The van der Waals surface area contributed by atoms with Gasteiger partial charge in [-0.05, 0) is 37.1 Å². The number of unbranched alkanes of at least 4 members (excludes halogenated alkanes) is 1. The van der Waals surface area contributed by atoms with Crippen LogP contribution in [0.2, 0.25) is 0 Å². The van der Waals surface area contributed by atoms with E-state index in [2.05, 4.69) is 11.9 Å². The monoisotopic (exact) mass is 408 g/mol. The van der Waals surface area contributed by atoms with E-state index in [1.807, 2.05) is 48.5 Å². The van der Waals surface area contributed by atoms with Gasteiger partial charge in [-0.3, -0.25) is 13.9 Å². The molecule has 0 radical (unpaired) electrons. The Balaban J connectivity index is 1.52. The molecule has 29 heavy (non-hydrogen) atoms. The maximum Gasteiger partial charge on any atom is 0.326 e. The summed E-state index contributed by atoms with van der Waals surface area (Å²) in [6.07, 6.45) is 2.77. The summed E-state index contributed by atoms with van der Waals surface area (Å²) in [5.74, 6) is 0.781. The molecule has 2 heterocycles. The second kappa shape index (κ2) is 8.69. The van der Waals surface area contributed by atoms with E-state index in [0.29, 0.717) is 18.5 Å². The van der Waals surface area contributed by atoms with Crippen LogP contribution < -0.4 is 11.2 Å². The molecule has 4 aromatic rings. The van der Waals surface area contributed by atoms with Gasteiger partial charge in [-0.15, -0.1) is 0 Å². The number of fused-ring (bicyclic) bond motifs is 2. The van der Waals surface area contributed by atoms with E-state index >= 15 is 0 Å². The van der Waals surface area contributed by atoms with Gasteiger partial charge in [0.2, 0.25) is 0 Å². The molecule has 0 aliphatic rings. The summed E-state index contributed by atoms with van der Waals surface area (Å²) in [5.41, 5.74) is 2.46.